The quantitative estimate of drug-likeness (QED) is 0.0669. The molecule has 6 unspecified atom stereocenters. The zero-order valence-corrected chi connectivity index (χ0v) is 30.6. The van der Waals surface area contributed by atoms with Crippen LogP contribution >= 0.6 is 0 Å². The third kappa shape index (κ3) is 8.97. The average molecular weight is 684 g/mol. The Morgan fingerprint density at radius 1 is 1.06 bits per heavy atom. The van der Waals surface area contributed by atoms with E-state index in [4.69, 9.17) is 25.9 Å². The van der Waals surface area contributed by atoms with E-state index in [1.807, 2.05) is 12.1 Å². The number of fused-ring (bicyclic) bond motifs is 6. The highest BCUT2D eigenvalue weighted by Gasteiger charge is 2.46. The molecule has 5 N–H and O–H groups in total. The van der Waals surface area contributed by atoms with Crippen LogP contribution < -0.4 is 16.2 Å². The summed E-state index contributed by atoms with van der Waals surface area (Å²) in [5, 5.41) is 12.5. The minimum Gasteiger partial charge on any atom is -0.504 e. The first-order chi connectivity index (χ1) is 24.3. The molecule has 3 fully saturated rings. The van der Waals surface area contributed by atoms with Gasteiger partial charge in [-0.1, -0.05) is 69.1 Å². The largest absolute Gasteiger partial charge is 0.504 e. The van der Waals surface area contributed by atoms with E-state index in [9.17, 15) is 9.90 Å². The van der Waals surface area contributed by atoms with Gasteiger partial charge in [0.25, 0.3) is 0 Å². The van der Waals surface area contributed by atoms with Crippen molar-refractivity contribution in [3.8, 4) is 23.3 Å². The number of phenolic OH excluding ortho intramolecular Hbond substituents is 1. The maximum Gasteiger partial charge on any atom is 0.186 e. The van der Waals surface area contributed by atoms with Crippen molar-refractivity contribution in [3.05, 3.63) is 46.6 Å². The van der Waals surface area contributed by atoms with E-state index in [2.05, 4.69) is 31.8 Å². The number of phenols is 1. The van der Waals surface area contributed by atoms with E-state index in [0.717, 1.165) is 87.3 Å². The van der Waals surface area contributed by atoms with Crippen LogP contribution in [0.25, 0.3) is 0 Å². The normalized spacial score (nSPS) is 28.6. The van der Waals surface area contributed by atoms with Gasteiger partial charge in [-0.25, -0.2) is 4.99 Å². The molecule has 0 saturated heterocycles. The fraction of sp³-hybridized carbons (Fsp3) is 0.674. The predicted octanol–water partition coefficient (Wildman–Crippen LogP) is 8.40. The Hall–Kier alpha value is -3.24. The number of carbonyl (C=O) groups is 1. The van der Waals surface area contributed by atoms with Gasteiger partial charge in [-0.15, -0.1) is 0 Å². The number of allylic oxidation sites excluding steroid dienone is 4. The van der Waals surface area contributed by atoms with Crippen molar-refractivity contribution in [2.24, 2.45) is 40.1 Å². The lowest BCUT2D eigenvalue weighted by Crippen LogP contribution is -2.40. The topological polar surface area (TPSA) is 120 Å². The van der Waals surface area contributed by atoms with Crippen LogP contribution in [-0.4, -0.2) is 41.7 Å². The molecule has 0 heterocycles. The minimum atomic E-state index is -0.139. The van der Waals surface area contributed by atoms with Crippen LogP contribution in [0, 0.1) is 35.5 Å². The number of hydrogen-bond acceptors (Lipinski definition) is 5. The molecule has 5 aliphatic rings. The van der Waals surface area contributed by atoms with Crippen LogP contribution in [0.3, 0.4) is 0 Å². The third-order valence-corrected chi connectivity index (χ3v) is 12.1. The van der Waals surface area contributed by atoms with Gasteiger partial charge in [0, 0.05) is 29.9 Å². The van der Waals surface area contributed by atoms with Crippen molar-refractivity contribution in [1.82, 2.24) is 0 Å². The standard InChI is InChI=1S/C43H61N3O4/c1-3-4-6-13-33(47)22-21-30-26-39(50-35-16-9-10-17-35)42(48)41-36(30)18-11-12-32(46-43(44)45)25-31-24-29-20-19-28(2)23-37(29)40(41)38(31)27-49-34-14-7-5-8-15-34/h6,13,24,26,28,31-32,34-35,37-38,40,48H,3-5,7-10,12,14-17,19-23,25,27H2,1-2H3,(H4,44,45,46). The molecule has 2 bridgehead atoms. The van der Waals surface area contributed by atoms with E-state index < -0.39 is 0 Å². The molecule has 1 aromatic rings. The number of rotatable bonds is 12. The SMILES string of the molecule is CCCC=CC(=O)CCc1cc(OC2CCCC2)c(O)c2c1C#CCC(N=C(N)N)CC1C=C3CCC(C)CC3C2C1COC1CCCCC1. The Kier molecular flexibility index (Phi) is 12.7. The van der Waals surface area contributed by atoms with Crippen LogP contribution in [0.2, 0.25) is 0 Å². The van der Waals surface area contributed by atoms with Crippen LogP contribution in [0.15, 0.2) is 34.9 Å². The lowest BCUT2D eigenvalue weighted by atomic mass is 9.58. The number of ether oxygens (including phenoxy) is 2. The zero-order chi connectivity index (χ0) is 35.0. The van der Waals surface area contributed by atoms with Gasteiger partial charge < -0.3 is 26.0 Å². The molecule has 272 valence electrons. The molecule has 0 amide bonds. The molecular formula is C43H61N3O4. The number of unbranched alkanes of at least 4 members (excludes halogenated alkanes) is 1. The number of benzene rings is 1. The van der Waals surface area contributed by atoms with Crippen molar-refractivity contribution in [2.45, 2.75) is 154 Å². The fourth-order valence-corrected chi connectivity index (χ4v) is 9.57. The van der Waals surface area contributed by atoms with Gasteiger partial charge in [-0.2, -0.15) is 0 Å². The van der Waals surface area contributed by atoms with Gasteiger partial charge in [0.1, 0.15) is 0 Å². The van der Waals surface area contributed by atoms with E-state index in [-0.39, 0.29) is 59.4 Å². The smallest absolute Gasteiger partial charge is 0.186 e. The molecule has 3 saturated carbocycles. The highest BCUT2D eigenvalue weighted by molar-refractivity contribution is 5.89. The van der Waals surface area contributed by atoms with Crippen molar-refractivity contribution >= 4 is 11.7 Å². The molecule has 6 atom stereocenters. The Bertz CT molecular complexity index is 1490. The second-order valence-corrected chi connectivity index (χ2v) is 16.0. The predicted molar refractivity (Wildman–Crippen MR) is 201 cm³/mol. The molecule has 50 heavy (non-hydrogen) atoms. The van der Waals surface area contributed by atoms with Crippen molar-refractivity contribution in [3.63, 3.8) is 0 Å². The summed E-state index contributed by atoms with van der Waals surface area (Å²) < 4.78 is 13.6. The molecule has 0 spiro atoms. The lowest BCUT2D eigenvalue weighted by Gasteiger charge is -2.47. The average Bonchev–Trinajstić information content (AvgIpc) is 3.61. The summed E-state index contributed by atoms with van der Waals surface area (Å²) in [6.45, 7) is 5.11. The van der Waals surface area contributed by atoms with Crippen LogP contribution in [-0.2, 0) is 16.0 Å². The molecule has 7 nitrogen and oxygen atoms in total. The highest BCUT2D eigenvalue weighted by Crippen LogP contribution is 2.56. The Balaban J connectivity index is 1.51. The van der Waals surface area contributed by atoms with Crippen LogP contribution in [0.5, 0.6) is 11.5 Å². The number of guanidine groups is 1. The number of nitrogens with zero attached hydrogens (tertiary/aromatic N) is 1. The highest BCUT2D eigenvalue weighted by atomic mass is 16.5. The second kappa shape index (κ2) is 17.3. The first-order valence-electron chi connectivity index (χ1n) is 19.9. The van der Waals surface area contributed by atoms with E-state index >= 15 is 0 Å². The van der Waals surface area contributed by atoms with Gasteiger partial charge in [-0.3, -0.25) is 4.79 Å². The summed E-state index contributed by atoms with van der Waals surface area (Å²) in [7, 11) is 0. The number of hydrogen-bond donors (Lipinski definition) is 3. The maximum atomic E-state index is 13.1. The summed E-state index contributed by atoms with van der Waals surface area (Å²) in [5.74, 6) is 9.18. The minimum absolute atomic E-state index is 0.000349. The molecule has 1 aromatic carbocycles. The first-order valence-corrected chi connectivity index (χ1v) is 19.9. The summed E-state index contributed by atoms with van der Waals surface area (Å²) in [6, 6.07) is 1.86. The van der Waals surface area contributed by atoms with Crippen molar-refractivity contribution in [1.29, 1.82) is 0 Å². The van der Waals surface area contributed by atoms with Gasteiger partial charge in [0.15, 0.2) is 23.2 Å². The van der Waals surface area contributed by atoms with Gasteiger partial charge >= 0.3 is 0 Å². The lowest BCUT2D eigenvalue weighted by molar-refractivity contribution is -0.114. The van der Waals surface area contributed by atoms with Gasteiger partial charge in [0.05, 0.1) is 24.9 Å². The number of carbonyl (C=O) groups excluding carboxylic acids is 1. The number of aromatic hydroxyl groups is 1. The van der Waals surface area contributed by atoms with E-state index in [1.165, 1.54) is 31.3 Å². The first kappa shape index (κ1) is 36.5. The molecule has 7 heteroatoms. The van der Waals surface area contributed by atoms with Crippen molar-refractivity contribution < 1.29 is 19.4 Å². The van der Waals surface area contributed by atoms with Crippen molar-refractivity contribution in [2.75, 3.05) is 6.61 Å². The third-order valence-electron chi connectivity index (χ3n) is 12.1. The summed E-state index contributed by atoms with van der Waals surface area (Å²) in [6.07, 6.45) is 24.2. The number of ketones is 1. The molecule has 5 aliphatic carbocycles. The number of aryl methyl sites for hydroxylation is 1. The summed E-state index contributed by atoms with van der Waals surface area (Å²) >= 11 is 0. The Labute approximate surface area is 300 Å². The number of nitrogens with two attached hydrogens (primary N) is 2. The monoisotopic (exact) mass is 683 g/mol. The van der Waals surface area contributed by atoms with Crippen LogP contribution in [0.4, 0.5) is 0 Å². The molecule has 0 radical (unpaired) electrons. The van der Waals surface area contributed by atoms with Gasteiger partial charge in [-0.05, 0) is 118 Å². The Morgan fingerprint density at radius 3 is 2.58 bits per heavy atom. The Morgan fingerprint density at radius 2 is 1.82 bits per heavy atom. The maximum absolute atomic E-state index is 13.1. The number of aliphatic imine (C=N–C) groups is 1. The van der Waals surface area contributed by atoms with E-state index in [0.29, 0.717) is 37.5 Å². The van der Waals surface area contributed by atoms with Gasteiger partial charge in [0.2, 0.25) is 0 Å². The molecule has 0 aliphatic heterocycles. The summed E-state index contributed by atoms with van der Waals surface area (Å²) in [4.78, 5) is 17.8. The van der Waals surface area contributed by atoms with Crippen LogP contribution in [0.1, 0.15) is 146 Å². The molecular weight excluding hydrogens is 622 g/mol. The zero-order valence-electron chi connectivity index (χ0n) is 30.6. The molecule has 6 rings (SSSR count). The molecule has 0 aromatic heterocycles. The van der Waals surface area contributed by atoms with E-state index in [1.54, 1.807) is 6.08 Å². The second-order valence-electron chi connectivity index (χ2n) is 16.0. The fourth-order valence-electron chi connectivity index (χ4n) is 9.57. The summed E-state index contributed by atoms with van der Waals surface area (Å²) in [5.41, 5.74) is 16.3.